The first kappa shape index (κ1) is 15.2. The van der Waals surface area contributed by atoms with Crippen molar-refractivity contribution in [1.29, 1.82) is 0 Å². The van der Waals surface area contributed by atoms with E-state index in [0.717, 1.165) is 0 Å². The first-order chi connectivity index (χ1) is 7.41. The van der Waals surface area contributed by atoms with Gasteiger partial charge in [0.25, 0.3) is 0 Å². The molecule has 0 aliphatic carbocycles. The Kier molecular flexibility index (Phi) is 7.07. The van der Waals surface area contributed by atoms with Crippen LogP contribution in [0.15, 0.2) is 0 Å². The molecular formula is C8H15ClN2O4S. The molecule has 0 atom stereocenters. The summed E-state index contributed by atoms with van der Waals surface area (Å²) in [5, 5.41) is 4.29. The van der Waals surface area contributed by atoms with Crippen LogP contribution in [0.3, 0.4) is 0 Å². The van der Waals surface area contributed by atoms with Gasteiger partial charge in [0.1, 0.15) is 0 Å². The summed E-state index contributed by atoms with van der Waals surface area (Å²) in [5.41, 5.74) is 0. The van der Waals surface area contributed by atoms with E-state index in [4.69, 9.17) is 11.6 Å². The largest absolute Gasteiger partial charge is 0.337 e. The summed E-state index contributed by atoms with van der Waals surface area (Å²) in [6.45, 7) is 1.51. The minimum atomic E-state index is -3.10. The van der Waals surface area contributed by atoms with Gasteiger partial charge in [-0.05, 0) is 0 Å². The van der Waals surface area contributed by atoms with Crippen LogP contribution in [0, 0.1) is 0 Å². The molecule has 0 rings (SSSR count). The number of hydrogen-bond donors (Lipinski definition) is 2. The number of imide groups is 1. The predicted molar refractivity (Wildman–Crippen MR) is 61.2 cm³/mol. The van der Waals surface area contributed by atoms with Crippen LogP contribution in [0.1, 0.15) is 13.3 Å². The zero-order valence-corrected chi connectivity index (χ0v) is 10.5. The van der Waals surface area contributed by atoms with E-state index in [2.05, 4.69) is 5.32 Å². The third kappa shape index (κ3) is 7.47. The maximum absolute atomic E-state index is 11.0. The van der Waals surface area contributed by atoms with Gasteiger partial charge in [-0.2, -0.15) is 0 Å². The van der Waals surface area contributed by atoms with Gasteiger partial charge in [0.15, 0.2) is 9.84 Å². The maximum atomic E-state index is 11.0. The van der Waals surface area contributed by atoms with Crippen LogP contribution in [0.25, 0.3) is 0 Å². The Hall–Kier alpha value is -0.820. The average Bonchev–Trinajstić information content (AvgIpc) is 2.17. The number of nitrogens with one attached hydrogen (secondary N) is 2. The summed E-state index contributed by atoms with van der Waals surface area (Å²) in [5.74, 6) is -0.475. The fourth-order valence-electron chi connectivity index (χ4n) is 0.784. The van der Waals surface area contributed by atoms with Crippen molar-refractivity contribution in [2.45, 2.75) is 13.3 Å². The van der Waals surface area contributed by atoms with Crippen molar-refractivity contribution in [2.75, 3.05) is 23.9 Å². The Morgan fingerprint density at radius 1 is 1.31 bits per heavy atom. The van der Waals surface area contributed by atoms with Gasteiger partial charge in [-0.1, -0.05) is 6.92 Å². The van der Waals surface area contributed by atoms with Gasteiger partial charge in [-0.15, -0.1) is 11.6 Å². The van der Waals surface area contributed by atoms with E-state index < -0.39 is 21.8 Å². The molecule has 8 heteroatoms. The molecule has 0 fully saturated rings. The lowest BCUT2D eigenvalue weighted by Crippen LogP contribution is -2.41. The van der Waals surface area contributed by atoms with Crippen molar-refractivity contribution in [3.63, 3.8) is 0 Å². The second-order valence-corrected chi connectivity index (χ2v) is 5.83. The zero-order valence-electron chi connectivity index (χ0n) is 8.95. The molecule has 0 unspecified atom stereocenters. The summed E-state index contributed by atoms with van der Waals surface area (Å²) >= 11 is 5.29. The van der Waals surface area contributed by atoms with Crippen LogP contribution in [0.4, 0.5) is 4.79 Å². The molecule has 2 N–H and O–H groups in total. The number of carbonyl (C=O) groups excluding carboxylic acids is 2. The highest BCUT2D eigenvalue weighted by Crippen LogP contribution is 1.87. The van der Waals surface area contributed by atoms with Crippen molar-refractivity contribution >= 4 is 33.4 Å². The van der Waals surface area contributed by atoms with Crippen molar-refractivity contribution in [3.8, 4) is 0 Å². The van der Waals surface area contributed by atoms with Crippen LogP contribution >= 0.6 is 11.6 Å². The highest BCUT2D eigenvalue weighted by molar-refractivity contribution is 7.91. The Morgan fingerprint density at radius 2 is 1.94 bits per heavy atom. The first-order valence-corrected chi connectivity index (χ1v) is 7.11. The lowest BCUT2D eigenvalue weighted by molar-refractivity contribution is -0.119. The standard InChI is InChI=1S/C8H15ClN2O4S/c1-2-16(14,15)6-5-10-8(13)11-7(12)3-4-9/h2-6H2,1H3,(H2,10,11,12,13). The maximum Gasteiger partial charge on any atom is 0.321 e. The topological polar surface area (TPSA) is 92.3 Å². The van der Waals surface area contributed by atoms with Gasteiger partial charge in [-0.3, -0.25) is 10.1 Å². The normalized spacial score (nSPS) is 10.9. The smallest absolute Gasteiger partial charge is 0.321 e. The number of halogens is 1. The molecule has 0 aliphatic rings. The van der Waals surface area contributed by atoms with Gasteiger partial charge in [-0.25, -0.2) is 13.2 Å². The van der Waals surface area contributed by atoms with Gasteiger partial charge < -0.3 is 5.32 Å². The van der Waals surface area contributed by atoms with Crippen molar-refractivity contribution in [2.24, 2.45) is 0 Å². The third-order valence-electron chi connectivity index (χ3n) is 1.71. The lowest BCUT2D eigenvalue weighted by Gasteiger charge is -2.05. The van der Waals surface area contributed by atoms with E-state index in [1.165, 1.54) is 6.92 Å². The molecule has 0 aromatic carbocycles. The summed E-state index contributed by atoms with van der Waals surface area (Å²) in [6.07, 6.45) is 0.0439. The quantitative estimate of drug-likeness (QED) is 0.658. The number of carbonyl (C=O) groups is 2. The number of amides is 3. The van der Waals surface area contributed by atoms with Crippen LogP contribution in [0.2, 0.25) is 0 Å². The highest BCUT2D eigenvalue weighted by Gasteiger charge is 2.09. The number of urea groups is 1. The molecule has 0 saturated heterocycles. The number of hydrogen-bond acceptors (Lipinski definition) is 4. The Morgan fingerprint density at radius 3 is 2.44 bits per heavy atom. The molecule has 0 aliphatic heterocycles. The van der Waals surface area contributed by atoms with E-state index in [9.17, 15) is 18.0 Å². The van der Waals surface area contributed by atoms with E-state index >= 15 is 0 Å². The fraction of sp³-hybridized carbons (Fsp3) is 0.750. The van der Waals surface area contributed by atoms with E-state index in [1.54, 1.807) is 0 Å². The molecule has 6 nitrogen and oxygen atoms in total. The number of sulfone groups is 1. The van der Waals surface area contributed by atoms with E-state index in [-0.39, 0.29) is 30.4 Å². The minimum absolute atomic E-state index is 0.0177. The predicted octanol–water partition coefficient (Wildman–Crippen LogP) is -0.124. The molecule has 0 saturated carbocycles. The monoisotopic (exact) mass is 270 g/mol. The molecule has 94 valence electrons. The van der Waals surface area contributed by atoms with Gasteiger partial charge >= 0.3 is 6.03 Å². The average molecular weight is 271 g/mol. The molecule has 0 heterocycles. The molecule has 3 amide bonds. The van der Waals surface area contributed by atoms with Crippen LogP contribution in [0.5, 0.6) is 0 Å². The van der Waals surface area contributed by atoms with E-state index in [1.807, 2.05) is 5.32 Å². The van der Waals surface area contributed by atoms with Crippen LogP contribution in [-0.4, -0.2) is 44.3 Å². The zero-order chi connectivity index (χ0) is 12.6. The SMILES string of the molecule is CCS(=O)(=O)CCNC(=O)NC(=O)CCCl. The minimum Gasteiger partial charge on any atom is -0.337 e. The highest BCUT2D eigenvalue weighted by atomic mass is 35.5. The fourth-order valence-corrected chi connectivity index (χ4v) is 1.66. The Labute approximate surface area is 99.6 Å². The Bertz CT molecular complexity index is 342. The molecule has 0 aromatic rings. The van der Waals surface area contributed by atoms with Crippen LogP contribution in [-0.2, 0) is 14.6 Å². The summed E-state index contributed by atoms with van der Waals surface area (Å²) in [7, 11) is -3.10. The summed E-state index contributed by atoms with van der Waals surface area (Å²) in [4.78, 5) is 21.9. The molecule has 0 spiro atoms. The molecule has 0 radical (unpaired) electrons. The molecular weight excluding hydrogens is 256 g/mol. The second kappa shape index (κ2) is 7.45. The Balaban J connectivity index is 3.79. The molecule has 16 heavy (non-hydrogen) atoms. The van der Waals surface area contributed by atoms with Crippen molar-refractivity contribution in [1.82, 2.24) is 10.6 Å². The lowest BCUT2D eigenvalue weighted by atomic mass is 10.4. The third-order valence-corrected chi connectivity index (χ3v) is 3.61. The van der Waals surface area contributed by atoms with Crippen molar-refractivity contribution in [3.05, 3.63) is 0 Å². The molecule has 0 bridgehead atoms. The summed E-state index contributed by atoms with van der Waals surface area (Å²) < 4.78 is 22.1. The second-order valence-electron chi connectivity index (χ2n) is 2.98. The van der Waals surface area contributed by atoms with Gasteiger partial charge in [0.05, 0.1) is 5.75 Å². The van der Waals surface area contributed by atoms with E-state index in [0.29, 0.717) is 0 Å². The van der Waals surface area contributed by atoms with Crippen molar-refractivity contribution < 1.29 is 18.0 Å². The number of alkyl halides is 1. The van der Waals surface area contributed by atoms with Crippen LogP contribution < -0.4 is 10.6 Å². The van der Waals surface area contributed by atoms with Gasteiger partial charge in [0, 0.05) is 24.6 Å². The van der Waals surface area contributed by atoms with Gasteiger partial charge in [0.2, 0.25) is 5.91 Å². The summed E-state index contributed by atoms with van der Waals surface area (Å²) in [6, 6.07) is -0.707. The number of rotatable bonds is 6. The first-order valence-electron chi connectivity index (χ1n) is 4.75. The molecule has 0 aromatic heterocycles.